The fourth-order valence-electron chi connectivity index (χ4n) is 2.13. The lowest BCUT2D eigenvalue weighted by Gasteiger charge is -2.12. The Labute approximate surface area is 137 Å². The number of carboxylic acid groups (broad SMARTS) is 1. The minimum absolute atomic E-state index is 0.126. The summed E-state index contributed by atoms with van der Waals surface area (Å²) in [5, 5.41) is 10.2. The summed E-state index contributed by atoms with van der Waals surface area (Å²) in [6.45, 7) is 2.62. The maximum Gasteiger partial charge on any atom is 0.313 e. The Kier molecular flexibility index (Phi) is 5.85. The maximum absolute atomic E-state index is 12.6. The molecule has 7 heteroatoms. The zero-order valence-corrected chi connectivity index (χ0v) is 13.8. The Hall–Kier alpha value is -1.53. The predicted octanol–water partition coefficient (Wildman–Crippen LogP) is 3.42. The monoisotopic (exact) mass is 340 g/mol. The van der Waals surface area contributed by atoms with Crippen molar-refractivity contribution in [2.75, 3.05) is 5.75 Å². The number of nitrogens with zero attached hydrogens (tertiary/aromatic N) is 2. The summed E-state index contributed by atoms with van der Waals surface area (Å²) in [6, 6.07) is 4.96. The van der Waals surface area contributed by atoms with Gasteiger partial charge >= 0.3 is 5.97 Å². The molecule has 0 radical (unpaired) electrons. The van der Waals surface area contributed by atoms with Crippen molar-refractivity contribution in [1.82, 2.24) is 9.55 Å². The maximum atomic E-state index is 12.6. The summed E-state index contributed by atoms with van der Waals surface area (Å²) in [5.41, 5.74) is 0.366. The molecule has 0 unspecified atom stereocenters. The van der Waals surface area contributed by atoms with Gasteiger partial charge in [-0.15, -0.1) is 0 Å². The van der Waals surface area contributed by atoms with Gasteiger partial charge in [-0.1, -0.05) is 43.1 Å². The Morgan fingerprint density at radius 1 is 1.41 bits per heavy atom. The van der Waals surface area contributed by atoms with Crippen molar-refractivity contribution in [2.24, 2.45) is 0 Å². The molecule has 5 nitrogen and oxygen atoms in total. The zero-order chi connectivity index (χ0) is 16.1. The minimum Gasteiger partial charge on any atom is -0.481 e. The van der Waals surface area contributed by atoms with E-state index in [1.54, 1.807) is 22.8 Å². The molecule has 0 spiro atoms. The van der Waals surface area contributed by atoms with Crippen LogP contribution < -0.4 is 5.56 Å². The largest absolute Gasteiger partial charge is 0.481 e. The van der Waals surface area contributed by atoms with Gasteiger partial charge in [-0.3, -0.25) is 14.2 Å². The molecule has 22 heavy (non-hydrogen) atoms. The summed E-state index contributed by atoms with van der Waals surface area (Å²) in [7, 11) is 0. The number of hydrogen-bond donors (Lipinski definition) is 1. The van der Waals surface area contributed by atoms with E-state index in [-0.39, 0.29) is 11.3 Å². The number of hydrogen-bond acceptors (Lipinski definition) is 4. The summed E-state index contributed by atoms with van der Waals surface area (Å²) < 4.78 is 1.56. The van der Waals surface area contributed by atoms with Gasteiger partial charge in [-0.05, 0) is 24.6 Å². The average Bonchev–Trinajstić information content (AvgIpc) is 2.48. The van der Waals surface area contributed by atoms with E-state index in [1.807, 2.05) is 0 Å². The van der Waals surface area contributed by atoms with Crippen LogP contribution in [0.3, 0.4) is 0 Å². The standard InChI is InChI=1S/C15H17ClN2O3S/c1-2-3-4-7-18-14(21)11-8-10(16)5-6-12(11)17-15(18)22-9-13(19)20/h5-6,8H,2-4,7,9H2,1H3,(H,19,20). The van der Waals surface area contributed by atoms with Crippen LogP contribution in [0.2, 0.25) is 5.02 Å². The van der Waals surface area contributed by atoms with E-state index < -0.39 is 5.97 Å². The number of carboxylic acids is 1. The molecular weight excluding hydrogens is 324 g/mol. The number of rotatable bonds is 7. The second-order valence-electron chi connectivity index (χ2n) is 4.90. The van der Waals surface area contributed by atoms with Crippen molar-refractivity contribution in [3.8, 4) is 0 Å². The number of aliphatic carboxylic acids is 1. The lowest BCUT2D eigenvalue weighted by Crippen LogP contribution is -2.24. The molecular formula is C15H17ClN2O3S. The van der Waals surface area contributed by atoms with Gasteiger partial charge in [0.15, 0.2) is 5.16 Å². The fourth-order valence-corrected chi connectivity index (χ4v) is 3.04. The number of halogens is 1. The molecule has 0 saturated carbocycles. The highest BCUT2D eigenvalue weighted by atomic mass is 35.5. The number of fused-ring (bicyclic) bond motifs is 1. The predicted molar refractivity (Wildman–Crippen MR) is 88.9 cm³/mol. The third-order valence-corrected chi connectivity index (χ3v) is 4.39. The lowest BCUT2D eigenvalue weighted by atomic mass is 10.2. The van der Waals surface area contributed by atoms with Gasteiger partial charge in [0.05, 0.1) is 16.7 Å². The van der Waals surface area contributed by atoms with Crippen molar-refractivity contribution >= 4 is 40.2 Å². The molecule has 1 aromatic heterocycles. The molecule has 118 valence electrons. The highest BCUT2D eigenvalue weighted by Gasteiger charge is 2.13. The quantitative estimate of drug-likeness (QED) is 0.475. The van der Waals surface area contributed by atoms with Crippen LogP contribution in [0, 0.1) is 0 Å². The fraction of sp³-hybridized carbons (Fsp3) is 0.400. The molecule has 0 aliphatic heterocycles. The Morgan fingerprint density at radius 2 is 2.18 bits per heavy atom. The second-order valence-corrected chi connectivity index (χ2v) is 6.28. The van der Waals surface area contributed by atoms with Crippen LogP contribution in [-0.4, -0.2) is 26.4 Å². The molecule has 1 N–H and O–H groups in total. The first-order valence-corrected chi connectivity index (χ1v) is 8.44. The topological polar surface area (TPSA) is 72.2 Å². The number of thioether (sulfide) groups is 1. The number of carbonyl (C=O) groups is 1. The van der Waals surface area contributed by atoms with Gasteiger partial charge in [0, 0.05) is 11.6 Å². The van der Waals surface area contributed by atoms with Gasteiger partial charge in [-0.25, -0.2) is 4.98 Å². The molecule has 0 amide bonds. The smallest absolute Gasteiger partial charge is 0.313 e. The van der Waals surface area contributed by atoms with Gasteiger partial charge in [0.2, 0.25) is 0 Å². The van der Waals surface area contributed by atoms with Crippen LogP contribution in [0.1, 0.15) is 26.2 Å². The van der Waals surface area contributed by atoms with Crippen molar-refractivity contribution in [2.45, 2.75) is 37.9 Å². The van der Waals surface area contributed by atoms with Crippen molar-refractivity contribution in [1.29, 1.82) is 0 Å². The number of benzene rings is 1. The van der Waals surface area contributed by atoms with Crippen LogP contribution in [0.4, 0.5) is 0 Å². The summed E-state index contributed by atoms with van der Waals surface area (Å²) in [5.74, 6) is -1.06. The SMILES string of the molecule is CCCCCn1c(SCC(=O)O)nc2ccc(Cl)cc2c1=O. The van der Waals surface area contributed by atoms with Crippen LogP contribution in [0.25, 0.3) is 10.9 Å². The first kappa shape index (κ1) is 16.8. The van der Waals surface area contributed by atoms with E-state index in [0.717, 1.165) is 31.0 Å². The third-order valence-electron chi connectivity index (χ3n) is 3.19. The Bertz CT molecular complexity index is 745. The van der Waals surface area contributed by atoms with Crippen LogP contribution in [-0.2, 0) is 11.3 Å². The van der Waals surface area contributed by atoms with Crippen LogP contribution in [0.5, 0.6) is 0 Å². The van der Waals surface area contributed by atoms with Crippen molar-refractivity contribution < 1.29 is 9.90 Å². The normalized spacial score (nSPS) is 11.0. The molecule has 2 rings (SSSR count). The Balaban J connectivity index is 2.48. The van der Waals surface area contributed by atoms with Crippen molar-refractivity contribution in [3.63, 3.8) is 0 Å². The highest BCUT2D eigenvalue weighted by molar-refractivity contribution is 7.99. The van der Waals surface area contributed by atoms with Gasteiger partial charge in [0.25, 0.3) is 5.56 Å². The van der Waals surface area contributed by atoms with Gasteiger partial charge < -0.3 is 5.11 Å². The van der Waals surface area contributed by atoms with E-state index in [4.69, 9.17) is 16.7 Å². The number of aromatic nitrogens is 2. The molecule has 0 bridgehead atoms. The molecule has 1 aromatic carbocycles. The van der Waals surface area contributed by atoms with E-state index in [9.17, 15) is 9.59 Å². The van der Waals surface area contributed by atoms with E-state index in [2.05, 4.69) is 11.9 Å². The van der Waals surface area contributed by atoms with Crippen LogP contribution in [0.15, 0.2) is 28.2 Å². The first-order chi connectivity index (χ1) is 10.5. The summed E-state index contributed by atoms with van der Waals surface area (Å²) >= 11 is 7.02. The van der Waals surface area contributed by atoms with E-state index in [0.29, 0.717) is 27.6 Å². The van der Waals surface area contributed by atoms with Crippen molar-refractivity contribution in [3.05, 3.63) is 33.6 Å². The number of unbranched alkanes of at least 4 members (excludes halogenated alkanes) is 2. The molecule has 0 atom stereocenters. The molecule has 0 saturated heterocycles. The Morgan fingerprint density at radius 3 is 2.86 bits per heavy atom. The van der Waals surface area contributed by atoms with Crippen LogP contribution >= 0.6 is 23.4 Å². The zero-order valence-electron chi connectivity index (χ0n) is 12.2. The second kappa shape index (κ2) is 7.65. The first-order valence-electron chi connectivity index (χ1n) is 7.07. The van der Waals surface area contributed by atoms with Gasteiger partial charge in [-0.2, -0.15) is 0 Å². The average molecular weight is 341 g/mol. The molecule has 0 aliphatic rings. The van der Waals surface area contributed by atoms with E-state index >= 15 is 0 Å². The summed E-state index contributed by atoms with van der Waals surface area (Å²) in [4.78, 5) is 27.9. The molecule has 2 aromatic rings. The lowest BCUT2D eigenvalue weighted by molar-refractivity contribution is -0.133. The molecule has 1 heterocycles. The minimum atomic E-state index is -0.935. The highest BCUT2D eigenvalue weighted by Crippen LogP contribution is 2.20. The third kappa shape index (κ3) is 4.01. The van der Waals surface area contributed by atoms with E-state index in [1.165, 1.54) is 0 Å². The van der Waals surface area contributed by atoms with Gasteiger partial charge in [0.1, 0.15) is 0 Å². The summed E-state index contributed by atoms with van der Waals surface area (Å²) in [6.07, 6.45) is 2.90. The molecule has 0 fully saturated rings. The molecule has 0 aliphatic carbocycles.